The molecule has 0 spiro atoms. The number of hydrogen-bond acceptors (Lipinski definition) is 10. The van der Waals surface area contributed by atoms with Gasteiger partial charge in [-0.2, -0.15) is 4.98 Å². The van der Waals surface area contributed by atoms with Gasteiger partial charge < -0.3 is 31.1 Å². The molecule has 154 valence electrons. The summed E-state index contributed by atoms with van der Waals surface area (Å²) in [6.07, 6.45) is 5.33. The lowest BCUT2D eigenvalue weighted by molar-refractivity contribution is 0.0543. The Labute approximate surface area is 168 Å². The van der Waals surface area contributed by atoms with Crippen LogP contribution in [0.15, 0.2) is 12.4 Å². The number of aliphatic hydroxyl groups is 1. The molecule has 0 aromatic carbocycles. The molecule has 1 saturated heterocycles. The number of nitrogens with two attached hydrogens (primary N) is 2. The zero-order chi connectivity index (χ0) is 20.0. The lowest BCUT2D eigenvalue weighted by Gasteiger charge is -2.43. The van der Waals surface area contributed by atoms with Gasteiger partial charge in [0.2, 0.25) is 11.9 Å². The highest BCUT2D eigenvalue weighted by Gasteiger charge is 2.40. The normalized spacial score (nSPS) is 24.9. The Hall–Kier alpha value is -2.56. The van der Waals surface area contributed by atoms with E-state index in [0.717, 1.165) is 61.5 Å². The van der Waals surface area contributed by atoms with Crippen LogP contribution in [0, 0.1) is 5.92 Å². The number of fused-ring (bicyclic) bond motifs is 1. The molecule has 1 saturated carbocycles. The van der Waals surface area contributed by atoms with E-state index in [1.54, 1.807) is 12.4 Å². The smallest absolute Gasteiger partial charge is 0.228 e. The average Bonchev–Trinajstić information content (AvgIpc) is 3.11. The first kappa shape index (κ1) is 18.5. The molecule has 1 atom stereocenters. The number of morpholine rings is 1. The lowest BCUT2D eigenvalue weighted by atomic mass is 9.78. The van der Waals surface area contributed by atoms with Crippen LogP contribution in [0.2, 0.25) is 0 Å². The molecule has 5 rings (SSSR count). The molecule has 0 amide bonds. The summed E-state index contributed by atoms with van der Waals surface area (Å²) in [5.41, 5.74) is 14.2. The largest absolute Gasteiger partial charge is 0.379 e. The molecule has 0 radical (unpaired) electrons. The van der Waals surface area contributed by atoms with Crippen LogP contribution in [0.5, 0.6) is 0 Å². The van der Waals surface area contributed by atoms with Crippen LogP contribution in [-0.4, -0.2) is 70.2 Å². The van der Waals surface area contributed by atoms with Gasteiger partial charge in [0.05, 0.1) is 18.9 Å². The van der Waals surface area contributed by atoms with Crippen molar-refractivity contribution in [1.82, 2.24) is 19.9 Å². The molecular formula is C19H26N8O2. The van der Waals surface area contributed by atoms with E-state index < -0.39 is 6.23 Å². The summed E-state index contributed by atoms with van der Waals surface area (Å²) in [5.74, 6) is 2.09. The fraction of sp³-hybridized carbons (Fsp3) is 0.579. The summed E-state index contributed by atoms with van der Waals surface area (Å²) in [5, 5.41) is 9.65. The zero-order valence-corrected chi connectivity index (χ0v) is 16.2. The lowest BCUT2D eigenvalue weighted by Crippen LogP contribution is -2.50. The van der Waals surface area contributed by atoms with Gasteiger partial charge in [0.15, 0.2) is 0 Å². The van der Waals surface area contributed by atoms with E-state index in [4.69, 9.17) is 26.2 Å². The van der Waals surface area contributed by atoms with E-state index in [2.05, 4.69) is 19.8 Å². The standard InChI is InChI=1S/C19H26N8O2/c20-16(28)11-7-13(8-11)27-2-1-14-15(12-9-22-18(21)23-10-12)24-19(25-17(14)27)26-3-5-29-6-4-26/h9-11,13,16,28H,1-8,20H2,(H2,21,22,23)/t11-,13-,16?. The van der Waals surface area contributed by atoms with Crippen molar-refractivity contribution >= 4 is 17.7 Å². The van der Waals surface area contributed by atoms with Crippen molar-refractivity contribution in [3.05, 3.63) is 18.0 Å². The molecule has 3 aliphatic rings. The second-order valence-corrected chi connectivity index (χ2v) is 7.92. The molecular weight excluding hydrogens is 372 g/mol. The van der Waals surface area contributed by atoms with Crippen molar-refractivity contribution in [1.29, 1.82) is 0 Å². The maximum absolute atomic E-state index is 9.65. The number of rotatable bonds is 4. The Morgan fingerprint density at radius 1 is 1.10 bits per heavy atom. The number of anilines is 3. The SMILES string of the molecule is Nc1ncc(-c2nc(N3CCOCC3)nc3c2CCN3[C@H]2C[C@H](C(N)O)C2)cn1. The van der Waals surface area contributed by atoms with Crippen molar-refractivity contribution in [3.8, 4) is 11.3 Å². The third-order valence-corrected chi connectivity index (χ3v) is 6.16. The molecule has 2 aromatic rings. The van der Waals surface area contributed by atoms with Crippen molar-refractivity contribution in [2.75, 3.05) is 48.4 Å². The van der Waals surface area contributed by atoms with Crippen LogP contribution in [0.3, 0.4) is 0 Å². The fourth-order valence-electron chi connectivity index (χ4n) is 4.39. The van der Waals surface area contributed by atoms with E-state index in [1.165, 1.54) is 0 Å². The first-order chi connectivity index (χ1) is 14.1. The minimum atomic E-state index is -0.745. The number of aromatic nitrogens is 4. The molecule has 1 unspecified atom stereocenters. The molecule has 5 N–H and O–H groups in total. The average molecular weight is 398 g/mol. The molecule has 10 heteroatoms. The minimum absolute atomic E-state index is 0.162. The van der Waals surface area contributed by atoms with E-state index in [1.807, 2.05) is 0 Å². The van der Waals surface area contributed by atoms with Crippen molar-refractivity contribution in [2.24, 2.45) is 11.7 Å². The summed E-state index contributed by atoms with van der Waals surface area (Å²) in [6.45, 7) is 3.76. The van der Waals surface area contributed by atoms with E-state index in [0.29, 0.717) is 25.2 Å². The molecule has 10 nitrogen and oxygen atoms in total. The van der Waals surface area contributed by atoms with Crippen LogP contribution >= 0.6 is 0 Å². The summed E-state index contributed by atoms with van der Waals surface area (Å²) in [4.78, 5) is 22.7. The third-order valence-electron chi connectivity index (χ3n) is 6.16. The Balaban J connectivity index is 1.52. The molecule has 2 fully saturated rings. The van der Waals surface area contributed by atoms with Crippen molar-refractivity contribution in [2.45, 2.75) is 31.5 Å². The summed E-state index contributed by atoms with van der Waals surface area (Å²) in [7, 11) is 0. The fourth-order valence-corrected chi connectivity index (χ4v) is 4.39. The van der Waals surface area contributed by atoms with E-state index in [-0.39, 0.29) is 11.9 Å². The Morgan fingerprint density at radius 2 is 1.83 bits per heavy atom. The van der Waals surface area contributed by atoms with E-state index >= 15 is 0 Å². The zero-order valence-electron chi connectivity index (χ0n) is 16.2. The summed E-state index contributed by atoms with van der Waals surface area (Å²) >= 11 is 0. The van der Waals surface area contributed by atoms with Gasteiger partial charge in [0.25, 0.3) is 0 Å². The quantitative estimate of drug-likeness (QED) is 0.592. The summed E-state index contributed by atoms with van der Waals surface area (Å²) in [6, 6.07) is 0.349. The van der Waals surface area contributed by atoms with E-state index in [9.17, 15) is 5.11 Å². The second kappa shape index (κ2) is 7.36. The third kappa shape index (κ3) is 3.37. The monoisotopic (exact) mass is 398 g/mol. The first-order valence-corrected chi connectivity index (χ1v) is 10.1. The minimum Gasteiger partial charge on any atom is -0.379 e. The van der Waals surface area contributed by atoms with Gasteiger partial charge in [-0.25, -0.2) is 15.0 Å². The Kier molecular flexibility index (Phi) is 4.69. The Bertz CT molecular complexity index is 879. The van der Waals surface area contributed by atoms with Gasteiger partial charge in [0, 0.05) is 55.1 Å². The predicted octanol–water partition coefficient (Wildman–Crippen LogP) is -0.229. The molecule has 2 aliphatic heterocycles. The van der Waals surface area contributed by atoms with Crippen LogP contribution < -0.4 is 21.3 Å². The van der Waals surface area contributed by atoms with Crippen LogP contribution in [0.1, 0.15) is 18.4 Å². The summed E-state index contributed by atoms with van der Waals surface area (Å²) < 4.78 is 5.48. The molecule has 0 bridgehead atoms. The maximum atomic E-state index is 9.65. The predicted molar refractivity (Wildman–Crippen MR) is 108 cm³/mol. The van der Waals surface area contributed by atoms with Crippen molar-refractivity contribution < 1.29 is 9.84 Å². The van der Waals surface area contributed by atoms with Crippen LogP contribution in [0.25, 0.3) is 11.3 Å². The van der Waals surface area contributed by atoms with Gasteiger partial charge in [-0.05, 0) is 19.3 Å². The number of aliphatic hydroxyl groups excluding tert-OH is 1. The van der Waals surface area contributed by atoms with Gasteiger partial charge in [-0.15, -0.1) is 0 Å². The number of ether oxygens (including phenoxy) is 1. The highest BCUT2D eigenvalue weighted by molar-refractivity contribution is 5.72. The van der Waals surface area contributed by atoms with Gasteiger partial charge in [0.1, 0.15) is 12.0 Å². The van der Waals surface area contributed by atoms with Crippen LogP contribution in [-0.2, 0) is 11.2 Å². The molecule has 29 heavy (non-hydrogen) atoms. The first-order valence-electron chi connectivity index (χ1n) is 10.1. The van der Waals surface area contributed by atoms with Crippen LogP contribution in [0.4, 0.5) is 17.7 Å². The maximum Gasteiger partial charge on any atom is 0.228 e. The molecule has 2 aromatic heterocycles. The van der Waals surface area contributed by atoms with Gasteiger partial charge in [-0.3, -0.25) is 0 Å². The van der Waals surface area contributed by atoms with Crippen molar-refractivity contribution in [3.63, 3.8) is 0 Å². The second-order valence-electron chi connectivity index (χ2n) is 7.92. The number of hydrogen-bond donors (Lipinski definition) is 3. The highest BCUT2D eigenvalue weighted by atomic mass is 16.5. The number of nitrogen functional groups attached to an aromatic ring is 1. The van der Waals surface area contributed by atoms with Gasteiger partial charge >= 0.3 is 0 Å². The topological polar surface area (TPSA) is 140 Å². The molecule has 1 aliphatic carbocycles. The Morgan fingerprint density at radius 3 is 2.52 bits per heavy atom. The number of nitrogens with zero attached hydrogens (tertiary/aromatic N) is 6. The van der Waals surface area contributed by atoms with Gasteiger partial charge in [-0.1, -0.05) is 0 Å². The molecule has 4 heterocycles. The highest BCUT2D eigenvalue weighted by Crippen LogP contribution is 2.42.